The van der Waals surface area contributed by atoms with Gasteiger partial charge in [0.25, 0.3) is 0 Å². The van der Waals surface area contributed by atoms with Crippen LogP contribution in [0.1, 0.15) is 30.6 Å². The Kier molecular flexibility index (Phi) is 3.10. The van der Waals surface area contributed by atoms with Gasteiger partial charge in [-0.05, 0) is 53.4 Å². The summed E-state index contributed by atoms with van der Waals surface area (Å²) in [7, 11) is 1.68. The Morgan fingerprint density at radius 3 is 2.68 bits per heavy atom. The van der Waals surface area contributed by atoms with Crippen LogP contribution in [0.4, 0.5) is 0 Å². The van der Waals surface area contributed by atoms with Crippen molar-refractivity contribution in [3.8, 4) is 5.75 Å². The fourth-order valence-corrected chi connectivity index (χ4v) is 3.82. The topological polar surface area (TPSA) is 48.4 Å². The van der Waals surface area contributed by atoms with Crippen molar-refractivity contribution in [1.29, 1.82) is 0 Å². The van der Waals surface area contributed by atoms with Crippen LogP contribution in [0.25, 0.3) is 11.0 Å². The summed E-state index contributed by atoms with van der Waals surface area (Å²) >= 11 is 3.74. The summed E-state index contributed by atoms with van der Waals surface area (Å²) in [6, 6.07) is 4.13. The predicted molar refractivity (Wildman–Crippen MR) is 79.8 cm³/mol. The van der Waals surface area contributed by atoms with Gasteiger partial charge in [-0.1, -0.05) is 6.42 Å². The van der Waals surface area contributed by atoms with Gasteiger partial charge in [0.15, 0.2) is 11.3 Å². The maximum absolute atomic E-state index is 6.03. The Morgan fingerprint density at radius 2 is 2.16 bits per heavy atom. The van der Waals surface area contributed by atoms with Crippen molar-refractivity contribution in [2.45, 2.75) is 31.6 Å². The van der Waals surface area contributed by atoms with Crippen LogP contribution in [0.15, 0.2) is 21.0 Å². The lowest BCUT2D eigenvalue weighted by Gasteiger charge is -2.42. The molecule has 0 saturated heterocycles. The van der Waals surface area contributed by atoms with E-state index in [9.17, 15) is 0 Å². The lowest BCUT2D eigenvalue weighted by atomic mass is 9.64. The molecule has 1 heterocycles. The molecule has 1 aromatic heterocycles. The van der Waals surface area contributed by atoms with Crippen LogP contribution in [-0.4, -0.2) is 13.7 Å². The predicted octanol–water partition coefficient (Wildman–Crippen LogP) is 3.89. The Balaban J connectivity index is 2.28. The van der Waals surface area contributed by atoms with Crippen LogP contribution >= 0.6 is 15.9 Å². The van der Waals surface area contributed by atoms with Gasteiger partial charge in [-0.25, -0.2) is 0 Å². The highest BCUT2D eigenvalue weighted by atomic mass is 79.9. The van der Waals surface area contributed by atoms with E-state index in [1.165, 1.54) is 12.0 Å². The van der Waals surface area contributed by atoms with E-state index < -0.39 is 0 Å². The van der Waals surface area contributed by atoms with Crippen molar-refractivity contribution >= 4 is 26.9 Å². The van der Waals surface area contributed by atoms with E-state index in [2.05, 4.69) is 22.0 Å². The molecule has 3 nitrogen and oxygen atoms in total. The molecule has 1 aliphatic carbocycles. The van der Waals surface area contributed by atoms with Gasteiger partial charge in [-0.15, -0.1) is 0 Å². The highest BCUT2D eigenvalue weighted by molar-refractivity contribution is 9.10. The largest absolute Gasteiger partial charge is 0.493 e. The summed E-state index contributed by atoms with van der Waals surface area (Å²) in [5.41, 5.74) is 8.19. The summed E-state index contributed by atoms with van der Waals surface area (Å²) < 4.78 is 12.3. The second-order valence-electron chi connectivity index (χ2n) is 5.38. The standard InChI is InChI=1S/C15H18BrNO2/c1-9-6-10-13(16)11(15(8-17)4-3-5-15)7-12(18-2)14(10)19-9/h6-7H,3-5,8,17H2,1-2H3. The van der Waals surface area contributed by atoms with Crippen molar-refractivity contribution in [1.82, 2.24) is 0 Å². The SMILES string of the molecule is COc1cc(C2(CN)CCC2)c(Br)c2cc(C)oc12. The fourth-order valence-electron chi connectivity index (χ4n) is 2.99. The minimum Gasteiger partial charge on any atom is -0.493 e. The average Bonchev–Trinajstić information content (AvgIpc) is 2.73. The highest BCUT2D eigenvalue weighted by Gasteiger charge is 2.39. The van der Waals surface area contributed by atoms with E-state index >= 15 is 0 Å². The number of rotatable bonds is 3. The number of hydrogen-bond donors (Lipinski definition) is 1. The lowest BCUT2D eigenvalue weighted by molar-refractivity contribution is 0.251. The summed E-state index contributed by atoms with van der Waals surface area (Å²) in [6.45, 7) is 2.63. The van der Waals surface area contributed by atoms with Crippen molar-refractivity contribution in [2.24, 2.45) is 5.73 Å². The molecule has 3 rings (SSSR count). The first-order valence-electron chi connectivity index (χ1n) is 6.58. The van der Waals surface area contributed by atoms with Crippen LogP contribution in [0, 0.1) is 6.92 Å². The molecule has 0 spiro atoms. The molecule has 1 aliphatic rings. The minimum absolute atomic E-state index is 0.103. The number of halogens is 1. The summed E-state index contributed by atoms with van der Waals surface area (Å²) in [4.78, 5) is 0. The molecule has 1 aromatic carbocycles. The number of hydrogen-bond acceptors (Lipinski definition) is 3. The Labute approximate surface area is 121 Å². The van der Waals surface area contributed by atoms with Gasteiger partial charge in [0.1, 0.15) is 5.76 Å². The zero-order chi connectivity index (χ0) is 13.6. The molecule has 4 heteroatoms. The maximum atomic E-state index is 6.03. The van der Waals surface area contributed by atoms with Gasteiger partial charge in [-0.2, -0.15) is 0 Å². The quantitative estimate of drug-likeness (QED) is 0.932. The molecule has 19 heavy (non-hydrogen) atoms. The van der Waals surface area contributed by atoms with E-state index in [4.69, 9.17) is 14.9 Å². The molecule has 0 amide bonds. The van der Waals surface area contributed by atoms with Crippen molar-refractivity contribution in [3.05, 3.63) is 27.9 Å². The molecule has 1 saturated carbocycles. The minimum atomic E-state index is 0.103. The van der Waals surface area contributed by atoms with Crippen molar-refractivity contribution < 1.29 is 9.15 Å². The summed E-state index contributed by atoms with van der Waals surface area (Å²) in [5.74, 6) is 1.68. The smallest absolute Gasteiger partial charge is 0.177 e. The van der Waals surface area contributed by atoms with Crippen molar-refractivity contribution in [3.63, 3.8) is 0 Å². The molecule has 102 valence electrons. The molecular formula is C15H18BrNO2. The molecule has 0 radical (unpaired) electrons. The second kappa shape index (κ2) is 4.53. The van der Waals surface area contributed by atoms with Crippen LogP contribution in [0.3, 0.4) is 0 Å². The Bertz CT molecular complexity index is 623. The summed E-state index contributed by atoms with van der Waals surface area (Å²) in [6.07, 6.45) is 3.54. The van der Waals surface area contributed by atoms with Gasteiger partial charge in [0, 0.05) is 21.8 Å². The molecule has 0 atom stereocenters. The van der Waals surface area contributed by atoms with Gasteiger partial charge in [-0.3, -0.25) is 0 Å². The van der Waals surface area contributed by atoms with E-state index in [0.29, 0.717) is 6.54 Å². The van der Waals surface area contributed by atoms with E-state index in [1.54, 1.807) is 7.11 Å². The third-order valence-corrected chi connectivity index (χ3v) is 5.17. The first-order valence-corrected chi connectivity index (χ1v) is 7.38. The number of ether oxygens (including phenoxy) is 1. The number of benzene rings is 1. The van der Waals surface area contributed by atoms with Gasteiger partial charge in [0.05, 0.1) is 7.11 Å². The van der Waals surface area contributed by atoms with Gasteiger partial charge in [0.2, 0.25) is 0 Å². The zero-order valence-corrected chi connectivity index (χ0v) is 12.8. The zero-order valence-electron chi connectivity index (χ0n) is 11.3. The Hall–Kier alpha value is -1.00. The summed E-state index contributed by atoms with van der Waals surface area (Å²) in [5, 5.41) is 1.08. The maximum Gasteiger partial charge on any atom is 0.177 e. The van der Waals surface area contributed by atoms with E-state index in [1.807, 2.05) is 13.0 Å². The molecule has 2 aromatic rings. The molecule has 1 fully saturated rings. The van der Waals surface area contributed by atoms with Crippen molar-refractivity contribution in [2.75, 3.05) is 13.7 Å². The van der Waals surface area contributed by atoms with Gasteiger partial charge < -0.3 is 14.9 Å². The third kappa shape index (κ3) is 1.81. The molecular weight excluding hydrogens is 306 g/mol. The first kappa shape index (κ1) is 13.0. The van der Waals surface area contributed by atoms with Crippen LogP contribution in [0.5, 0.6) is 5.75 Å². The van der Waals surface area contributed by atoms with Crippen LogP contribution < -0.4 is 10.5 Å². The molecule has 0 bridgehead atoms. The molecule has 0 aliphatic heterocycles. The fraction of sp³-hybridized carbons (Fsp3) is 0.467. The highest BCUT2D eigenvalue weighted by Crippen LogP contribution is 2.49. The number of furan rings is 1. The van der Waals surface area contributed by atoms with Gasteiger partial charge >= 0.3 is 0 Å². The van der Waals surface area contributed by atoms with Crippen LogP contribution in [0.2, 0.25) is 0 Å². The lowest BCUT2D eigenvalue weighted by Crippen LogP contribution is -2.41. The monoisotopic (exact) mass is 323 g/mol. The number of methoxy groups -OCH3 is 1. The number of nitrogens with two attached hydrogens (primary N) is 1. The normalized spacial score (nSPS) is 17.5. The molecule has 2 N–H and O–H groups in total. The first-order chi connectivity index (χ1) is 9.11. The average molecular weight is 324 g/mol. The number of aryl methyl sites for hydroxylation is 1. The third-order valence-electron chi connectivity index (χ3n) is 4.32. The van der Waals surface area contributed by atoms with E-state index in [0.717, 1.165) is 39.8 Å². The van der Waals surface area contributed by atoms with E-state index in [-0.39, 0.29) is 5.41 Å². The second-order valence-corrected chi connectivity index (χ2v) is 6.17. The molecule has 0 unspecified atom stereocenters. The van der Waals surface area contributed by atoms with Crippen LogP contribution in [-0.2, 0) is 5.41 Å². The number of fused-ring (bicyclic) bond motifs is 1. The Morgan fingerprint density at radius 1 is 1.42 bits per heavy atom.